The van der Waals surface area contributed by atoms with Crippen LogP contribution in [0.4, 0.5) is 0 Å². The summed E-state index contributed by atoms with van der Waals surface area (Å²) >= 11 is 0. The quantitative estimate of drug-likeness (QED) is 0.771. The molecule has 1 aliphatic rings. The summed E-state index contributed by atoms with van der Waals surface area (Å²) in [5.41, 5.74) is 0. The van der Waals surface area contributed by atoms with Crippen LogP contribution in [0.15, 0.2) is 12.4 Å². The first-order chi connectivity index (χ1) is 7.48. The van der Waals surface area contributed by atoms with Gasteiger partial charge < -0.3 is 4.57 Å². The molecule has 0 aliphatic carbocycles. The van der Waals surface area contributed by atoms with E-state index in [4.69, 9.17) is 0 Å². The SMILES string of the molecule is Cn1ccnc1C[C@@H]1CCCN1S(C)(=O)=O. The molecule has 16 heavy (non-hydrogen) atoms. The number of aromatic nitrogens is 2. The van der Waals surface area contributed by atoms with E-state index in [0.717, 1.165) is 18.7 Å². The lowest BCUT2D eigenvalue weighted by atomic mass is 10.1. The molecule has 2 rings (SSSR count). The molecular weight excluding hydrogens is 226 g/mol. The maximum Gasteiger partial charge on any atom is 0.211 e. The normalized spacial score (nSPS) is 22.8. The average molecular weight is 243 g/mol. The van der Waals surface area contributed by atoms with Crippen LogP contribution in [0.25, 0.3) is 0 Å². The Morgan fingerprint density at radius 2 is 2.31 bits per heavy atom. The van der Waals surface area contributed by atoms with E-state index in [9.17, 15) is 8.42 Å². The molecule has 1 aromatic heterocycles. The summed E-state index contributed by atoms with van der Waals surface area (Å²) in [5, 5.41) is 0. The highest BCUT2D eigenvalue weighted by Crippen LogP contribution is 2.22. The van der Waals surface area contributed by atoms with Gasteiger partial charge in [0.05, 0.1) is 6.26 Å². The van der Waals surface area contributed by atoms with E-state index in [2.05, 4.69) is 4.98 Å². The highest BCUT2D eigenvalue weighted by Gasteiger charge is 2.31. The van der Waals surface area contributed by atoms with Crippen molar-refractivity contribution in [2.75, 3.05) is 12.8 Å². The summed E-state index contributed by atoms with van der Waals surface area (Å²) in [7, 11) is -1.14. The van der Waals surface area contributed by atoms with Crippen molar-refractivity contribution < 1.29 is 8.42 Å². The zero-order valence-electron chi connectivity index (χ0n) is 9.63. The van der Waals surface area contributed by atoms with Crippen molar-refractivity contribution in [2.45, 2.75) is 25.3 Å². The predicted molar refractivity (Wildman–Crippen MR) is 61.5 cm³/mol. The van der Waals surface area contributed by atoms with Gasteiger partial charge in [0, 0.05) is 38.4 Å². The van der Waals surface area contributed by atoms with Gasteiger partial charge in [0.25, 0.3) is 0 Å². The number of aryl methyl sites for hydroxylation is 1. The molecule has 0 bridgehead atoms. The molecule has 0 radical (unpaired) electrons. The molecule has 1 aliphatic heterocycles. The monoisotopic (exact) mass is 243 g/mol. The Morgan fingerprint density at radius 3 is 2.88 bits per heavy atom. The third-order valence-corrected chi connectivity index (χ3v) is 4.42. The van der Waals surface area contributed by atoms with E-state index in [1.165, 1.54) is 6.26 Å². The van der Waals surface area contributed by atoms with Crippen molar-refractivity contribution in [3.8, 4) is 0 Å². The zero-order chi connectivity index (χ0) is 11.8. The van der Waals surface area contributed by atoms with Gasteiger partial charge in [-0.25, -0.2) is 13.4 Å². The Balaban J connectivity index is 2.13. The number of hydrogen-bond acceptors (Lipinski definition) is 3. The van der Waals surface area contributed by atoms with Gasteiger partial charge in [-0.05, 0) is 12.8 Å². The zero-order valence-corrected chi connectivity index (χ0v) is 10.4. The van der Waals surface area contributed by atoms with Gasteiger partial charge in [-0.3, -0.25) is 0 Å². The molecule has 0 N–H and O–H groups in total. The van der Waals surface area contributed by atoms with Gasteiger partial charge in [0.2, 0.25) is 10.0 Å². The molecule has 90 valence electrons. The van der Waals surface area contributed by atoms with Crippen molar-refractivity contribution in [1.82, 2.24) is 13.9 Å². The maximum atomic E-state index is 11.6. The number of imidazole rings is 1. The van der Waals surface area contributed by atoms with E-state index in [1.54, 1.807) is 10.5 Å². The molecule has 1 saturated heterocycles. The van der Waals surface area contributed by atoms with Crippen LogP contribution in [0.5, 0.6) is 0 Å². The second kappa shape index (κ2) is 4.18. The lowest BCUT2D eigenvalue weighted by Crippen LogP contribution is -2.36. The van der Waals surface area contributed by atoms with Crippen LogP contribution in [0.3, 0.4) is 0 Å². The molecule has 0 saturated carbocycles. The number of nitrogens with zero attached hydrogens (tertiary/aromatic N) is 3. The lowest BCUT2D eigenvalue weighted by Gasteiger charge is -2.21. The van der Waals surface area contributed by atoms with E-state index in [-0.39, 0.29) is 6.04 Å². The first-order valence-electron chi connectivity index (χ1n) is 5.41. The molecule has 6 heteroatoms. The first-order valence-corrected chi connectivity index (χ1v) is 7.26. The Morgan fingerprint density at radius 1 is 1.56 bits per heavy atom. The Kier molecular flexibility index (Phi) is 3.03. The van der Waals surface area contributed by atoms with Crippen molar-refractivity contribution >= 4 is 10.0 Å². The van der Waals surface area contributed by atoms with Crippen LogP contribution in [-0.4, -0.2) is 41.1 Å². The van der Waals surface area contributed by atoms with Crippen LogP contribution >= 0.6 is 0 Å². The summed E-state index contributed by atoms with van der Waals surface area (Å²) in [5.74, 6) is 0.945. The van der Waals surface area contributed by atoms with E-state index >= 15 is 0 Å². The molecule has 0 unspecified atom stereocenters. The van der Waals surface area contributed by atoms with Gasteiger partial charge in [0.1, 0.15) is 5.82 Å². The highest BCUT2D eigenvalue weighted by atomic mass is 32.2. The summed E-state index contributed by atoms with van der Waals surface area (Å²) < 4.78 is 26.7. The van der Waals surface area contributed by atoms with Crippen LogP contribution in [0, 0.1) is 0 Å². The summed E-state index contributed by atoms with van der Waals surface area (Å²) in [6, 6.07) is 0.0797. The summed E-state index contributed by atoms with van der Waals surface area (Å²) in [6.45, 7) is 0.647. The molecule has 0 aromatic carbocycles. The number of sulfonamides is 1. The minimum absolute atomic E-state index is 0.0797. The standard InChI is InChI=1S/C10H17N3O2S/c1-12-7-5-11-10(12)8-9-4-3-6-13(9)16(2,14)15/h5,7,9H,3-4,6,8H2,1-2H3/t9-/m0/s1. The van der Waals surface area contributed by atoms with Crippen molar-refractivity contribution in [3.63, 3.8) is 0 Å². The first kappa shape index (κ1) is 11.6. The van der Waals surface area contributed by atoms with E-state index < -0.39 is 10.0 Å². The van der Waals surface area contributed by atoms with Crippen LogP contribution < -0.4 is 0 Å². The Hall–Kier alpha value is -0.880. The van der Waals surface area contributed by atoms with Gasteiger partial charge in [-0.2, -0.15) is 4.31 Å². The number of hydrogen-bond donors (Lipinski definition) is 0. The summed E-state index contributed by atoms with van der Waals surface area (Å²) in [6.07, 6.45) is 7.49. The second-order valence-electron chi connectivity index (χ2n) is 4.33. The number of rotatable bonds is 3. The van der Waals surface area contributed by atoms with Gasteiger partial charge in [-0.1, -0.05) is 0 Å². The van der Waals surface area contributed by atoms with E-state index in [1.807, 2.05) is 17.8 Å². The van der Waals surface area contributed by atoms with Crippen LogP contribution in [-0.2, 0) is 23.5 Å². The fourth-order valence-electron chi connectivity index (χ4n) is 2.25. The molecular formula is C10H17N3O2S. The fraction of sp³-hybridized carbons (Fsp3) is 0.700. The molecule has 1 fully saturated rings. The molecule has 1 atom stereocenters. The molecule has 1 aromatic rings. The van der Waals surface area contributed by atoms with Gasteiger partial charge in [-0.15, -0.1) is 0 Å². The van der Waals surface area contributed by atoms with Crippen LogP contribution in [0.2, 0.25) is 0 Å². The highest BCUT2D eigenvalue weighted by molar-refractivity contribution is 7.88. The maximum absolute atomic E-state index is 11.6. The third-order valence-electron chi connectivity index (χ3n) is 3.09. The topological polar surface area (TPSA) is 55.2 Å². The Labute approximate surface area is 96.1 Å². The minimum Gasteiger partial charge on any atom is -0.338 e. The predicted octanol–water partition coefficient (Wildman–Crippen LogP) is 0.387. The largest absolute Gasteiger partial charge is 0.338 e. The molecule has 0 amide bonds. The van der Waals surface area contributed by atoms with Crippen LogP contribution in [0.1, 0.15) is 18.7 Å². The van der Waals surface area contributed by atoms with Gasteiger partial charge in [0.15, 0.2) is 0 Å². The molecule has 5 nitrogen and oxygen atoms in total. The van der Waals surface area contributed by atoms with Gasteiger partial charge >= 0.3 is 0 Å². The molecule has 0 spiro atoms. The fourth-order valence-corrected chi connectivity index (χ4v) is 3.44. The minimum atomic E-state index is -3.07. The lowest BCUT2D eigenvalue weighted by molar-refractivity contribution is 0.382. The summed E-state index contributed by atoms with van der Waals surface area (Å²) in [4.78, 5) is 4.24. The van der Waals surface area contributed by atoms with Crippen molar-refractivity contribution in [2.24, 2.45) is 7.05 Å². The van der Waals surface area contributed by atoms with E-state index in [0.29, 0.717) is 13.0 Å². The third kappa shape index (κ3) is 2.27. The Bertz CT molecular complexity index is 466. The van der Waals surface area contributed by atoms with Crippen molar-refractivity contribution in [1.29, 1.82) is 0 Å². The van der Waals surface area contributed by atoms with Crippen molar-refractivity contribution in [3.05, 3.63) is 18.2 Å². The smallest absolute Gasteiger partial charge is 0.211 e. The molecule has 2 heterocycles. The average Bonchev–Trinajstić information content (AvgIpc) is 2.76. The second-order valence-corrected chi connectivity index (χ2v) is 6.26.